The fourth-order valence-electron chi connectivity index (χ4n) is 1.47. The number of rotatable bonds is 4. The summed E-state index contributed by atoms with van der Waals surface area (Å²) in [6, 6.07) is 5.07. The summed E-state index contributed by atoms with van der Waals surface area (Å²) >= 11 is 16.6. The number of hydrogen-bond donors (Lipinski definition) is 2. The Bertz CT molecular complexity index is 482. The first-order valence-corrected chi connectivity index (χ1v) is 6.90. The van der Waals surface area contributed by atoms with Crippen LogP contribution in [0.2, 0.25) is 10.0 Å². The van der Waals surface area contributed by atoms with E-state index in [0.717, 1.165) is 12.0 Å². The van der Waals surface area contributed by atoms with E-state index >= 15 is 0 Å². The molecule has 0 saturated heterocycles. The van der Waals surface area contributed by atoms with Crippen LogP contribution in [0, 0.1) is 0 Å². The van der Waals surface area contributed by atoms with Crippen molar-refractivity contribution in [3.8, 4) is 0 Å². The smallest absolute Gasteiger partial charge is 0.242 e. The van der Waals surface area contributed by atoms with Crippen LogP contribution < -0.4 is 11.2 Å². The molecule has 0 unspecified atom stereocenters. The molecule has 1 aromatic carbocycles. The maximum absolute atomic E-state index is 11.9. The third-order valence-corrected chi connectivity index (χ3v) is 3.28. The number of nitrogens with two attached hydrogens (primary N) is 1. The minimum atomic E-state index is -0.209. The van der Waals surface area contributed by atoms with Crippen LogP contribution in [0.1, 0.15) is 18.9 Å². The molecule has 1 rings (SSSR count). The highest BCUT2D eigenvalue weighted by Gasteiger charge is 2.11. The van der Waals surface area contributed by atoms with Crippen LogP contribution in [0.15, 0.2) is 18.2 Å². The standard InChI is InChI=1S/C12H15Cl2N3OS/c1-2-5-17(12(15)19)16-11(18)7-8-3-4-9(13)10(14)6-8/h3-4,6H,2,5,7H2,1H3,(H2,15,19)(H,16,18). The number of thiocarbonyl (C=S) groups is 1. The molecule has 3 N–H and O–H groups in total. The zero-order valence-corrected chi connectivity index (χ0v) is 12.8. The number of carbonyl (C=O) groups excluding carboxylic acids is 1. The van der Waals surface area contributed by atoms with Gasteiger partial charge in [-0.25, -0.2) is 0 Å². The van der Waals surface area contributed by atoms with Crippen LogP contribution in [0.4, 0.5) is 0 Å². The van der Waals surface area contributed by atoms with Gasteiger partial charge in [0, 0.05) is 6.54 Å². The quantitative estimate of drug-likeness (QED) is 0.661. The zero-order chi connectivity index (χ0) is 14.4. The summed E-state index contributed by atoms with van der Waals surface area (Å²) in [4.78, 5) is 11.9. The van der Waals surface area contributed by atoms with E-state index in [9.17, 15) is 4.79 Å². The van der Waals surface area contributed by atoms with Crippen molar-refractivity contribution in [2.45, 2.75) is 19.8 Å². The van der Waals surface area contributed by atoms with E-state index in [2.05, 4.69) is 5.43 Å². The molecule has 0 aliphatic carbocycles. The highest BCUT2D eigenvalue weighted by atomic mass is 35.5. The van der Waals surface area contributed by atoms with Gasteiger partial charge >= 0.3 is 0 Å². The summed E-state index contributed by atoms with van der Waals surface area (Å²) in [6.45, 7) is 2.54. The Balaban J connectivity index is 2.63. The molecule has 0 aliphatic rings. The summed E-state index contributed by atoms with van der Waals surface area (Å²) in [6.07, 6.45) is 1.00. The van der Waals surface area contributed by atoms with Crippen molar-refractivity contribution in [2.75, 3.05) is 6.54 Å². The Morgan fingerprint density at radius 3 is 2.63 bits per heavy atom. The van der Waals surface area contributed by atoms with Gasteiger partial charge in [0.2, 0.25) is 5.91 Å². The number of hydrogen-bond acceptors (Lipinski definition) is 2. The van der Waals surface area contributed by atoms with Gasteiger partial charge < -0.3 is 5.73 Å². The highest BCUT2D eigenvalue weighted by Crippen LogP contribution is 2.22. The number of benzene rings is 1. The number of nitrogens with zero attached hydrogens (tertiary/aromatic N) is 1. The van der Waals surface area contributed by atoms with E-state index in [1.807, 2.05) is 6.92 Å². The molecule has 0 fully saturated rings. The molecule has 1 aromatic rings. The molecule has 0 heterocycles. The summed E-state index contributed by atoms with van der Waals surface area (Å²) in [5.41, 5.74) is 8.93. The Morgan fingerprint density at radius 1 is 1.42 bits per heavy atom. The molecule has 7 heteroatoms. The predicted octanol–water partition coefficient (Wildman–Crippen LogP) is 2.52. The van der Waals surface area contributed by atoms with Gasteiger partial charge in [-0.05, 0) is 36.3 Å². The maximum atomic E-state index is 11.9. The third kappa shape index (κ3) is 5.22. The second-order valence-electron chi connectivity index (χ2n) is 3.95. The first-order valence-electron chi connectivity index (χ1n) is 5.74. The fourth-order valence-corrected chi connectivity index (χ4v) is 1.93. The van der Waals surface area contributed by atoms with Gasteiger partial charge in [0.25, 0.3) is 0 Å². The number of hydrazine groups is 1. The molecule has 0 saturated carbocycles. The average Bonchev–Trinajstić information content (AvgIpc) is 2.33. The summed E-state index contributed by atoms with van der Waals surface area (Å²) in [5.74, 6) is -0.209. The molecule has 0 radical (unpaired) electrons. The van der Waals surface area contributed by atoms with Crippen molar-refractivity contribution in [1.29, 1.82) is 0 Å². The number of amides is 1. The first kappa shape index (κ1) is 16.0. The lowest BCUT2D eigenvalue weighted by molar-refractivity contribution is -0.123. The molecule has 0 bridgehead atoms. The van der Waals surface area contributed by atoms with Gasteiger partial charge in [-0.3, -0.25) is 15.2 Å². The van der Waals surface area contributed by atoms with Gasteiger partial charge in [-0.1, -0.05) is 36.2 Å². The molecule has 104 valence electrons. The molecular weight excluding hydrogens is 305 g/mol. The predicted molar refractivity (Wildman–Crippen MR) is 82.1 cm³/mol. The van der Waals surface area contributed by atoms with Crippen LogP contribution in [0.3, 0.4) is 0 Å². The molecule has 0 spiro atoms. The van der Waals surface area contributed by atoms with Crippen LogP contribution in [0.25, 0.3) is 0 Å². The molecule has 4 nitrogen and oxygen atoms in total. The zero-order valence-electron chi connectivity index (χ0n) is 10.5. The Labute approximate surface area is 127 Å². The second-order valence-corrected chi connectivity index (χ2v) is 5.18. The van der Waals surface area contributed by atoms with E-state index in [1.54, 1.807) is 18.2 Å². The highest BCUT2D eigenvalue weighted by molar-refractivity contribution is 7.80. The van der Waals surface area contributed by atoms with Crippen molar-refractivity contribution in [3.63, 3.8) is 0 Å². The lowest BCUT2D eigenvalue weighted by atomic mass is 10.1. The Hall–Kier alpha value is -1.04. The normalized spacial score (nSPS) is 10.1. The average molecular weight is 320 g/mol. The molecule has 19 heavy (non-hydrogen) atoms. The van der Waals surface area contributed by atoms with Gasteiger partial charge in [-0.15, -0.1) is 0 Å². The monoisotopic (exact) mass is 319 g/mol. The third-order valence-electron chi connectivity index (χ3n) is 2.32. The van der Waals surface area contributed by atoms with E-state index in [4.69, 9.17) is 41.2 Å². The van der Waals surface area contributed by atoms with Gasteiger partial charge in [-0.2, -0.15) is 0 Å². The second kappa shape index (κ2) is 7.53. The van der Waals surface area contributed by atoms with E-state index in [0.29, 0.717) is 16.6 Å². The fraction of sp³-hybridized carbons (Fsp3) is 0.333. The maximum Gasteiger partial charge on any atom is 0.242 e. The largest absolute Gasteiger partial charge is 0.375 e. The minimum absolute atomic E-state index is 0.143. The molecule has 0 atom stereocenters. The Morgan fingerprint density at radius 2 is 2.11 bits per heavy atom. The van der Waals surface area contributed by atoms with E-state index in [1.165, 1.54) is 5.01 Å². The van der Waals surface area contributed by atoms with E-state index in [-0.39, 0.29) is 17.4 Å². The van der Waals surface area contributed by atoms with Crippen LogP contribution in [-0.4, -0.2) is 22.6 Å². The topological polar surface area (TPSA) is 58.4 Å². The van der Waals surface area contributed by atoms with Crippen LogP contribution in [-0.2, 0) is 11.2 Å². The van der Waals surface area contributed by atoms with Crippen LogP contribution >= 0.6 is 35.4 Å². The van der Waals surface area contributed by atoms with Crippen molar-refractivity contribution in [3.05, 3.63) is 33.8 Å². The number of halogens is 2. The van der Waals surface area contributed by atoms with Gasteiger partial charge in [0.1, 0.15) is 0 Å². The Kier molecular flexibility index (Phi) is 6.34. The minimum Gasteiger partial charge on any atom is -0.375 e. The molecule has 1 amide bonds. The van der Waals surface area contributed by atoms with Crippen LogP contribution in [0.5, 0.6) is 0 Å². The molecular formula is C12H15Cl2N3OS. The lowest BCUT2D eigenvalue weighted by Crippen LogP contribution is -2.49. The van der Waals surface area contributed by atoms with E-state index < -0.39 is 0 Å². The summed E-state index contributed by atoms with van der Waals surface area (Å²) < 4.78 is 0. The number of nitrogens with one attached hydrogen (secondary N) is 1. The SMILES string of the molecule is CCCN(NC(=O)Cc1ccc(Cl)c(Cl)c1)C(N)=S. The van der Waals surface area contributed by atoms with Gasteiger partial charge in [0.15, 0.2) is 5.11 Å². The van der Waals surface area contributed by atoms with Gasteiger partial charge in [0.05, 0.1) is 16.5 Å². The van der Waals surface area contributed by atoms with Crippen molar-refractivity contribution < 1.29 is 4.79 Å². The summed E-state index contributed by atoms with van der Waals surface area (Å²) in [5, 5.41) is 2.48. The van der Waals surface area contributed by atoms with Crippen molar-refractivity contribution in [1.82, 2.24) is 10.4 Å². The number of carbonyl (C=O) groups is 1. The van der Waals surface area contributed by atoms with Crippen molar-refractivity contribution in [2.24, 2.45) is 5.73 Å². The summed E-state index contributed by atoms with van der Waals surface area (Å²) in [7, 11) is 0. The molecule has 0 aromatic heterocycles. The molecule has 0 aliphatic heterocycles. The lowest BCUT2D eigenvalue weighted by Gasteiger charge is -2.22. The first-order chi connectivity index (χ1) is 8.93. The van der Waals surface area contributed by atoms with Crippen molar-refractivity contribution >= 4 is 46.4 Å².